The van der Waals surface area contributed by atoms with Crippen LogP contribution in [0.2, 0.25) is 0 Å². The Morgan fingerprint density at radius 2 is 2.19 bits per heavy atom. The molecule has 1 aliphatic rings. The van der Waals surface area contributed by atoms with Crippen molar-refractivity contribution in [3.05, 3.63) is 18.3 Å². The molecule has 2 N–H and O–H groups in total. The van der Waals surface area contributed by atoms with E-state index in [1.54, 1.807) is 12.1 Å². The van der Waals surface area contributed by atoms with Gasteiger partial charge in [-0.2, -0.15) is 4.31 Å². The van der Waals surface area contributed by atoms with Crippen molar-refractivity contribution in [1.82, 2.24) is 9.29 Å². The maximum absolute atomic E-state index is 12.6. The molecule has 0 saturated heterocycles. The molecule has 0 atom stereocenters. The fourth-order valence-corrected chi connectivity index (χ4v) is 3.92. The summed E-state index contributed by atoms with van der Waals surface area (Å²) in [5.41, 5.74) is 0. The molecule has 7 heteroatoms. The molecule has 2 rings (SSSR count). The van der Waals surface area contributed by atoms with Gasteiger partial charge in [-0.25, -0.2) is 13.4 Å². The molecule has 1 fully saturated rings. The van der Waals surface area contributed by atoms with E-state index in [-0.39, 0.29) is 24.1 Å². The van der Waals surface area contributed by atoms with Gasteiger partial charge in [0.15, 0.2) is 0 Å². The Balaban J connectivity index is 2.16. The SMILES string of the molecule is CCCNc1ccc(S(=O)(=O)N(CCO)C2CCC2)cn1. The molecular formula is C14H23N3O3S. The maximum Gasteiger partial charge on any atom is 0.244 e. The number of pyridine rings is 1. The van der Waals surface area contributed by atoms with Gasteiger partial charge in [0.25, 0.3) is 0 Å². The first-order valence-electron chi connectivity index (χ1n) is 7.42. The van der Waals surface area contributed by atoms with Crippen LogP contribution in [0.3, 0.4) is 0 Å². The number of hydrogen-bond acceptors (Lipinski definition) is 5. The Kier molecular flexibility index (Phi) is 5.55. The third-order valence-electron chi connectivity index (χ3n) is 3.70. The van der Waals surface area contributed by atoms with E-state index in [0.717, 1.165) is 32.2 Å². The summed E-state index contributed by atoms with van der Waals surface area (Å²) in [6, 6.07) is 3.27. The zero-order valence-electron chi connectivity index (χ0n) is 12.3. The van der Waals surface area contributed by atoms with Crippen LogP contribution in [0.5, 0.6) is 0 Å². The van der Waals surface area contributed by atoms with E-state index >= 15 is 0 Å². The van der Waals surface area contributed by atoms with E-state index in [0.29, 0.717) is 5.82 Å². The van der Waals surface area contributed by atoms with E-state index < -0.39 is 10.0 Å². The first kappa shape index (κ1) is 16.2. The highest BCUT2D eigenvalue weighted by molar-refractivity contribution is 7.89. The molecular weight excluding hydrogens is 290 g/mol. The minimum atomic E-state index is -3.58. The topological polar surface area (TPSA) is 82.5 Å². The lowest BCUT2D eigenvalue weighted by molar-refractivity contribution is 0.178. The van der Waals surface area contributed by atoms with Gasteiger partial charge >= 0.3 is 0 Å². The minimum absolute atomic E-state index is 0.0139. The van der Waals surface area contributed by atoms with Crippen molar-refractivity contribution in [1.29, 1.82) is 0 Å². The van der Waals surface area contributed by atoms with Gasteiger partial charge in [0, 0.05) is 25.3 Å². The van der Waals surface area contributed by atoms with Crippen molar-refractivity contribution in [2.75, 3.05) is 25.0 Å². The molecule has 1 saturated carbocycles. The van der Waals surface area contributed by atoms with Gasteiger partial charge in [-0.05, 0) is 31.4 Å². The molecule has 118 valence electrons. The van der Waals surface area contributed by atoms with Crippen molar-refractivity contribution < 1.29 is 13.5 Å². The van der Waals surface area contributed by atoms with Crippen LogP contribution in [0, 0.1) is 0 Å². The number of anilines is 1. The standard InChI is InChI=1S/C14H23N3O3S/c1-2-8-15-14-7-6-13(11-16-14)21(19,20)17(9-10-18)12-4-3-5-12/h6-7,11-12,18H,2-5,8-10H2,1H3,(H,15,16). The third-order valence-corrected chi connectivity index (χ3v) is 5.64. The van der Waals surface area contributed by atoms with Crippen molar-refractivity contribution in [3.63, 3.8) is 0 Å². The number of nitrogens with zero attached hydrogens (tertiary/aromatic N) is 2. The van der Waals surface area contributed by atoms with Crippen LogP contribution in [-0.2, 0) is 10.0 Å². The van der Waals surface area contributed by atoms with Crippen LogP contribution in [0.25, 0.3) is 0 Å². The fraction of sp³-hybridized carbons (Fsp3) is 0.643. The lowest BCUT2D eigenvalue weighted by Gasteiger charge is -2.36. The Morgan fingerprint density at radius 1 is 1.43 bits per heavy atom. The number of aliphatic hydroxyl groups excluding tert-OH is 1. The second kappa shape index (κ2) is 7.20. The number of nitrogens with one attached hydrogen (secondary N) is 1. The van der Waals surface area contributed by atoms with E-state index in [9.17, 15) is 8.42 Å². The van der Waals surface area contributed by atoms with Gasteiger partial charge < -0.3 is 10.4 Å². The summed E-state index contributed by atoms with van der Waals surface area (Å²) in [7, 11) is -3.58. The average molecular weight is 313 g/mol. The van der Waals surface area contributed by atoms with Gasteiger partial charge in [-0.15, -0.1) is 0 Å². The quantitative estimate of drug-likeness (QED) is 0.759. The minimum Gasteiger partial charge on any atom is -0.395 e. The molecule has 0 radical (unpaired) electrons. The number of aromatic nitrogens is 1. The Morgan fingerprint density at radius 3 is 2.67 bits per heavy atom. The first-order chi connectivity index (χ1) is 10.1. The van der Waals surface area contributed by atoms with Crippen LogP contribution in [0.1, 0.15) is 32.6 Å². The fourth-order valence-electron chi connectivity index (χ4n) is 2.30. The second-order valence-corrected chi connectivity index (χ2v) is 7.12. The summed E-state index contributed by atoms with van der Waals surface area (Å²) in [5, 5.41) is 12.2. The molecule has 0 spiro atoms. The molecule has 21 heavy (non-hydrogen) atoms. The van der Waals surface area contributed by atoms with Gasteiger partial charge in [-0.3, -0.25) is 0 Å². The lowest BCUT2D eigenvalue weighted by atomic mass is 9.93. The molecule has 0 bridgehead atoms. The monoisotopic (exact) mass is 313 g/mol. The Labute approximate surface area is 126 Å². The zero-order chi connectivity index (χ0) is 15.3. The molecule has 0 amide bonds. The molecule has 1 aliphatic carbocycles. The van der Waals surface area contributed by atoms with Crippen molar-refractivity contribution in [2.24, 2.45) is 0 Å². The third kappa shape index (κ3) is 3.72. The predicted octanol–water partition coefficient (Wildman–Crippen LogP) is 1.44. The number of rotatable bonds is 8. The van der Waals surface area contributed by atoms with E-state index in [4.69, 9.17) is 5.11 Å². The first-order valence-corrected chi connectivity index (χ1v) is 8.86. The molecule has 1 aromatic heterocycles. The van der Waals surface area contributed by atoms with Crippen LogP contribution in [0.15, 0.2) is 23.2 Å². The van der Waals surface area contributed by atoms with Gasteiger partial charge in [0.1, 0.15) is 10.7 Å². The van der Waals surface area contributed by atoms with Crippen LogP contribution < -0.4 is 5.32 Å². The molecule has 0 aromatic carbocycles. The molecule has 1 aromatic rings. The van der Waals surface area contributed by atoms with E-state index in [2.05, 4.69) is 17.2 Å². The van der Waals surface area contributed by atoms with Crippen LogP contribution >= 0.6 is 0 Å². The van der Waals surface area contributed by atoms with Gasteiger partial charge in [-0.1, -0.05) is 13.3 Å². The summed E-state index contributed by atoms with van der Waals surface area (Å²) < 4.78 is 26.7. The highest BCUT2D eigenvalue weighted by Crippen LogP contribution is 2.29. The van der Waals surface area contributed by atoms with Crippen molar-refractivity contribution in [3.8, 4) is 0 Å². The average Bonchev–Trinajstić information content (AvgIpc) is 2.43. The maximum atomic E-state index is 12.6. The molecule has 1 heterocycles. The predicted molar refractivity (Wildman–Crippen MR) is 81.6 cm³/mol. The number of sulfonamides is 1. The number of aliphatic hydroxyl groups is 1. The van der Waals surface area contributed by atoms with E-state index in [1.807, 2.05) is 0 Å². The molecule has 0 unspecified atom stereocenters. The summed E-state index contributed by atoms with van der Waals surface area (Å²) in [6.45, 7) is 2.83. The molecule has 0 aliphatic heterocycles. The smallest absolute Gasteiger partial charge is 0.244 e. The lowest BCUT2D eigenvalue weighted by Crippen LogP contribution is -2.45. The normalized spacial score (nSPS) is 16.0. The second-order valence-electron chi connectivity index (χ2n) is 5.23. The summed E-state index contributed by atoms with van der Waals surface area (Å²) in [5.74, 6) is 0.674. The highest BCUT2D eigenvalue weighted by atomic mass is 32.2. The van der Waals surface area contributed by atoms with Crippen molar-refractivity contribution >= 4 is 15.8 Å². The summed E-state index contributed by atoms with van der Waals surface area (Å²) >= 11 is 0. The van der Waals surface area contributed by atoms with Gasteiger partial charge in [0.2, 0.25) is 10.0 Å². The highest BCUT2D eigenvalue weighted by Gasteiger charge is 2.34. The molecule has 6 nitrogen and oxygen atoms in total. The largest absolute Gasteiger partial charge is 0.395 e. The number of hydrogen-bond donors (Lipinski definition) is 2. The zero-order valence-corrected chi connectivity index (χ0v) is 13.1. The summed E-state index contributed by atoms with van der Waals surface area (Å²) in [4.78, 5) is 4.33. The Bertz CT molecular complexity index is 541. The Hall–Kier alpha value is -1.18. The van der Waals surface area contributed by atoms with Crippen LogP contribution in [0.4, 0.5) is 5.82 Å². The van der Waals surface area contributed by atoms with Crippen LogP contribution in [-0.4, -0.2) is 48.6 Å². The van der Waals surface area contributed by atoms with Crippen molar-refractivity contribution in [2.45, 2.75) is 43.5 Å². The van der Waals surface area contributed by atoms with E-state index in [1.165, 1.54) is 10.5 Å². The van der Waals surface area contributed by atoms with Gasteiger partial charge in [0.05, 0.1) is 6.61 Å². The summed E-state index contributed by atoms with van der Waals surface area (Å²) in [6.07, 6.45) is 5.13.